The number of nitrogens with two attached hydrogens (primary N) is 1. The SMILES string of the molecule is NCCc1ccc(-c2noc(-c3cn4cc(C(F)(F)F)cc(Cl)c4n3)n2)c(Cl)c1. The molecule has 3 heterocycles. The summed E-state index contributed by atoms with van der Waals surface area (Å²) in [5.74, 6) is 0.249. The summed E-state index contributed by atoms with van der Waals surface area (Å²) in [6.45, 7) is 0.495. The van der Waals surface area contributed by atoms with Gasteiger partial charge < -0.3 is 14.7 Å². The number of hydrogen-bond acceptors (Lipinski definition) is 5. The molecule has 29 heavy (non-hydrogen) atoms. The van der Waals surface area contributed by atoms with Crippen LogP contribution in [0.2, 0.25) is 10.0 Å². The van der Waals surface area contributed by atoms with E-state index in [0.29, 0.717) is 23.6 Å². The third kappa shape index (κ3) is 3.81. The van der Waals surface area contributed by atoms with Crippen LogP contribution in [0, 0.1) is 0 Å². The maximum Gasteiger partial charge on any atom is 0.417 e. The van der Waals surface area contributed by atoms with Crippen LogP contribution >= 0.6 is 23.2 Å². The molecule has 0 saturated heterocycles. The van der Waals surface area contributed by atoms with Crippen molar-refractivity contribution in [3.05, 3.63) is 57.8 Å². The number of rotatable bonds is 4. The van der Waals surface area contributed by atoms with Crippen molar-refractivity contribution in [2.45, 2.75) is 12.6 Å². The van der Waals surface area contributed by atoms with Gasteiger partial charge in [-0.1, -0.05) is 34.4 Å². The van der Waals surface area contributed by atoms with Crippen molar-refractivity contribution in [1.82, 2.24) is 19.5 Å². The van der Waals surface area contributed by atoms with E-state index in [1.807, 2.05) is 6.07 Å². The fourth-order valence-corrected chi connectivity index (χ4v) is 3.36. The van der Waals surface area contributed by atoms with Crippen LogP contribution in [0.5, 0.6) is 0 Å². The molecule has 0 unspecified atom stereocenters. The van der Waals surface area contributed by atoms with Crippen molar-refractivity contribution in [1.29, 1.82) is 0 Å². The smallest absolute Gasteiger partial charge is 0.332 e. The van der Waals surface area contributed by atoms with E-state index in [1.165, 1.54) is 10.6 Å². The van der Waals surface area contributed by atoms with Gasteiger partial charge in [0.15, 0.2) is 5.65 Å². The summed E-state index contributed by atoms with van der Waals surface area (Å²) in [6, 6.07) is 6.18. The Labute approximate surface area is 172 Å². The minimum Gasteiger partial charge on any atom is -0.332 e. The summed E-state index contributed by atoms with van der Waals surface area (Å²) < 4.78 is 45.3. The van der Waals surface area contributed by atoms with E-state index in [4.69, 9.17) is 33.5 Å². The zero-order chi connectivity index (χ0) is 20.8. The average molecular weight is 442 g/mol. The van der Waals surface area contributed by atoms with Crippen molar-refractivity contribution in [3.8, 4) is 23.0 Å². The lowest BCUT2D eigenvalue weighted by Gasteiger charge is -2.07. The van der Waals surface area contributed by atoms with E-state index in [0.717, 1.165) is 17.8 Å². The normalized spacial score (nSPS) is 12.1. The van der Waals surface area contributed by atoms with Gasteiger partial charge in [0.2, 0.25) is 5.82 Å². The quantitative estimate of drug-likeness (QED) is 0.487. The van der Waals surface area contributed by atoms with Crippen molar-refractivity contribution in [2.24, 2.45) is 5.73 Å². The van der Waals surface area contributed by atoms with Crippen LogP contribution < -0.4 is 5.73 Å². The lowest BCUT2D eigenvalue weighted by atomic mass is 10.1. The highest BCUT2D eigenvalue weighted by atomic mass is 35.5. The number of aromatic nitrogens is 4. The molecule has 2 N–H and O–H groups in total. The van der Waals surface area contributed by atoms with E-state index in [9.17, 15) is 13.2 Å². The van der Waals surface area contributed by atoms with Crippen LogP contribution in [0.25, 0.3) is 28.6 Å². The molecule has 0 radical (unpaired) electrons. The Morgan fingerprint density at radius 2 is 1.86 bits per heavy atom. The molecule has 4 rings (SSSR count). The summed E-state index contributed by atoms with van der Waals surface area (Å²) in [5, 5.41) is 4.17. The molecule has 0 spiro atoms. The van der Waals surface area contributed by atoms with Crippen molar-refractivity contribution in [2.75, 3.05) is 6.54 Å². The fourth-order valence-electron chi connectivity index (χ4n) is 2.81. The molecular weight excluding hydrogens is 430 g/mol. The Hall–Kier alpha value is -2.62. The maximum atomic E-state index is 13.0. The molecule has 0 aliphatic carbocycles. The Balaban J connectivity index is 1.71. The molecule has 0 saturated carbocycles. The van der Waals surface area contributed by atoms with E-state index < -0.39 is 11.7 Å². The second-order valence-electron chi connectivity index (χ2n) is 6.21. The molecule has 0 atom stereocenters. The number of fused-ring (bicyclic) bond motifs is 1. The van der Waals surface area contributed by atoms with Gasteiger partial charge in [-0.15, -0.1) is 0 Å². The van der Waals surface area contributed by atoms with Crippen LogP contribution in [0.4, 0.5) is 13.2 Å². The van der Waals surface area contributed by atoms with E-state index in [1.54, 1.807) is 12.1 Å². The summed E-state index contributed by atoms with van der Waals surface area (Å²) in [6.07, 6.45) is -1.63. The predicted molar refractivity (Wildman–Crippen MR) is 102 cm³/mol. The van der Waals surface area contributed by atoms with Gasteiger partial charge >= 0.3 is 6.18 Å². The molecule has 11 heteroatoms. The highest BCUT2D eigenvalue weighted by molar-refractivity contribution is 6.33. The fraction of sp³-hybridized carbons (Fsp3) is 0.167. The minimum atomic E-state index is -4.53. The maximum absolute atomic E-state index is 13.0. The van der Waals surface area contributed by atoms with Crippen molar-refractivity contribution >= 4 is 28.8 Å². The van der Waals surface area contributed by atoms with E-state index in [2.05, 4.69) is 15.1 Å². The largest absolute Gasteiger partial charge is 0.417 e. The summed E-state index contributed by atoms with van der Waals surface area (Å²) >= 11 is 12.2. The van der Waals surface area contributed by atoms with E-state index in [-0.39, 0.29) is 28.1 Å². The standard InChI is InChI=1S/C18H12Cl2F3N5O/c19-12-5-9(3-4-24)1-2-11(12)15-26-17(29-27-15)14-8-28-7-10(18(21,22)23)6-13(20)16(28)25-14/h1-2,5-8H,3-4,24H2. The average Bonchev–Trinajstić information content (AvgIpc) is 3.28. The third-order valence-corrected chi connectivity index (χ3v) is 4.78. The number of alkyl halides is 3. The molecule has 1 aromatic carbocycles. The first-order valence-electron chi connectivity index (χ1n) is 8.34. The molecule has 150 valence electrons. The molecule has 0 amide bonds. The van der Waals surface area contributed by atoms with Gasteiger partial charge in [-0.2, -0.15) is 18.2 Å². The number of benzene rings is 1. The van der Waals surface area contributed by atoms with Gasteiger partial charge in [-0.05, 0) is 36.7 Å². The van der Waals surface area contributed by atoms with Crippen LogP contribution in [-0.4, -0.2) is 26.1 Å². The summed E-state index contributed by atoms with van der Waals surface area (Å²) in [4.78, 5) is 8.45. The lowest BCUT2D eigenvalue weighted by Crippen LogP contribution is -2.06. The van der Waals surface area contributed by atoms with Gasteiger partial charge in [0, 0.05) is 18.0 Å². The monoisotopic (exact) mass is 441 g/mol. The Morgan fingerprint density at radius 1 is 1.07 bits per heavy atom. The van der Waals surface area contributed by atoms with Gasteiger partial charge in [0.25, 0.3) is 5.89 Å². The molecular formula is C18H12Cl2F3N5O. The molecule has 0 aliphatic rings. The molecule has 0 aliphatic heterocycles. The highest BCUT2D eigenvalue weighted by Crippen LogP contribution is 2.33. The predicted octanol–water partition coefficient (Wildman–Crippen LogP) is 4.88. The number of nitrogens with zero attached hydrogens (tertiary/aromatic N) is 4. The molecule has 3 aromatic heterocycles. The zero-order valence-electron chi connectivity index (χ0n) is 14.5. The first-order valence-corrected chi connectivity index (χ1v) is 9.10. The van der Waals surface area contributed by atoms with Gasteiger partial charge in [0.1, 0.15) is 5.69 Å². The molecule has 4 aromatic rings. The van der Waals surface area contributed by atoms with Gasteiger partial charge in [-0.25, -0.2) is 4.98 Å². The van der Waals surface area contributed by atoms with Gasteiger partial charge in [0.05, 0.1) is 15.6 Å². The molecule has 0 fully saturated rings. The van der Waals surface area contributed by atoms with Crippen LogP contribution in [0.3, 0.4) is 0 Å². The molecule has 6 nitrogen and oxygen atoms in total. The second kappa shape index (κ2) is 7.33. The van der Waals surface area contributed by atoms with Gasteiger partial charge in [-0.3, -0.25) is 0 Å². The second-order valence-corrected chi connectivity index (χ2v) is 7.02. The van der Waals surface area contributed by atoms with Crippen LogP contribution in [-0.2, 0) is 12.6 Å². The Bertz CT molecular complexity index is 1200. The third-order valence-electron chi connectivity index (χ3n) is 4.19. The highest BCUT2D eigenvalue weighted by Gasteiger charge is 2.32. The molecule has 0 bridgehead atoms. The van der Waals surface area contributed by atoms with Crippen molar-refractivity contribution < 1.29 is 17.7 Å². The van der Waals surface area contributed by atoms with E-state index >= 15 is 0 Å². The lowest BCUT2D eigenvalue weighted by molar-refractivity contribution is -0.137. The number of halogens is 5. The zero-order valence-corrected chi connectivity index (χ0v) is 16.1. The Kier molecular flexibility index (Phi) is 4.97. The first kappa shape index (κ1) is 19.7. The minimum absolute atomic E-state index is 0.0235. The summed E-state index contributed by atoms with van der Waals surface area (Å²) in [7, 11) is 0. The number of imidazole rings is 1. The number of pyridine rings is 1. The Morgan fingerprint density at radius 3 is 2.55 bits per heavy atom. The topological polar surface area (TPSA) is 82.2 Å². The van der Waals surface area contributed by atoms with Crippen LogP contribution in [0.1, 0.15) is 11.1 Å². The van der Waals surface area contributed by atoms with Crippen LogP contribution in [0.15, 0.2) is 41.2 Å². The summed E-state index contributed by atoms with van der Waals surface area (Å²) in [5.41, 5.74) is 6.48. The first-order chi connectivity index (χ1) is 13.8. The number of hydrogen-bond donors (Lipinski definition) is 1. The van der Waals surface area contributed by atoms with Crippen molar-refractivity contribution in [3.63, 3.8) is 0 Å².